The largest absolute Gasteiger partial charge is 0.250 e. The summed E-state index contributed by atoms with van der Waals surface area (Å²) in [6, 6.07) is 8.09. The van der Waals surface area contributed by atoms with Crippen LogP contribution in [0.3, 0.4) is 0 Å². The van der Waals surface area contributed by atoms with Crippen molar-refractivity contribution in [2.45, 2.75) is 12.8 Å². The van der Waals surface area contributed by atoms with E-state index in [1.54, 1.807) is 16.9 Å². The Morgan fingerprint density at radius 1 is 1.28 bits per heavy atom. The van der Waals surface area contributed by atoms with Gasteiger partial charge < -0.3 is 0 Å². The Morgan fingerprint density at radius 2 is 2.11 bits per heavy atom. The summed E-state index contributed by atoms with van der Waals surface area (Å²) >= 11 is 5.75. The van der Waals surface area contributed by atoms with Crippen molar-refractivity contribution in [2.24, 2.45) is 0 Å². The fourth-order valence-electron chi connectivity index (χ4n) is 1.88. The topological polar surface area (TPSA) is 43.1 Å². The molecule has 18 heavy (non-hydrogen) atoms. The van der Waals surface area contributed by atoms with Crippen LogP contribution in [0.5, 0.6) is 0 Å². The molecule has 2 heterocycles. The average molecular weight is 259 g/mol. The first-order valence-electron chi connectivity index (χ1n) is 5.61. The Morgan fingerprint density at radius 3 is 2.89 bits per heavy atom. The fraction of sp³-hybridized carbons (Fsp3) is 0.154. The Balaban J connectivity index is 2.16. The molecule has 0 saturated carbocycles. The maximum absolute atomic E-state index is 5.75. The summed E-state index contributed by atoms with van der Waals surface area (Å²) in [6.45, 7) is 2.05. The minimum absolute atomic E-state index is 0.366. The van der Waals surface area contributed by atoms with Gasteiger partial charge in [0, 0.05) is 5.56 Å². The molecule has 5 heteroatoms. The van der Waals surface area contributed by atoms with Crippen LogP contribution in [0.15, 0.2) is 36.7 Å². The molecule has 0 aliphatic rings. The second-order valence-electron chi connectivity index (χ2n) is 4.07. The molecule has 0 fully saturated rings. The van der Waals surface area contributed by atoms with Crippen LogP contribution in [-0.2, 0) is 5.88 Å². The van der Waals surface area contributed by atoms with Crippen molar-refractivity contribution in [1.82, 2.24) is 19.6 Å². The summed E-state index contributed by atoms with van der Waals surface area (Å²) < 4.78 is 1.67. The number of aryl methyl sites for hydroxylation is 1. The summed E-state index contributed by atoms with van der Waals surface area (Å²) in [4.78, 5) is 8.54. The molecule has 4 nitrogen and oxygen atoms in total. The predicted octanol–water partition coefficient (Wildman–Crippen LogP) is 2.84. The van der Waals surface area contributed by atoms with Gasteiger partial charge in [-0.2, -0.15) is 5.10 Å². The van der Waals surface area contributed by atoms with E-state index in [0.717, 1.165) is 17.0 Å². The standard InChI is InChI=1S/C13H11ClN4/c1-9-4-2-3-5-11(9)12-7-15-13-16-10(6-14)8-18(13)17-12/h2-5,7-8H,6H2,1H3. The zero-order valence-electron chi connectivity index (χ0n) is 9.84. The van der Waals surface area contributed by atoms with Gasteiger partial charge in [0.2, 0.25) is 0 Å². The summed E-state index contributed by atoms with van der Waals surface area (Å²) in [5.41, 5.74) is 3.86. The highest BCUT2D eigenvalue weighted by Gasteiger charge is 2.07. The molecule has 0 bridgehead atoms. The molecule has 0 spiro atoms. The van der Waals surface area contributed by atoms with Crippen LogP contribution in [0.25, 0.3) is 17.0 Å². The zero-order valence-corrected chi connectivity index (χ0v) is 10.6. The number of rotatable bonds is 2. The van der Waals surface area contributed by atoms with Gasteiger partial charge >= 0.3 is 0 Å². The Hall–Kier alpha value is -1.94. The lowest BCUT2D eigenvalue weighted by Crippen LogP contribution is -1.97. The lowest BCUT2D eigenvalue weighted by Gasteiger charge is -2.03. The second kappa shape index (κ2) is 4.38. The Labute approximate surface area is 109 Å². The van der Waals surface area contributed by atoms with Crippen molar-refractivity contribution in [3.05, 3.63) is 47.9 Å². The van der Waals surface area contributed by atoms with E-state index in [-0.39, 0.29) is 0 Å². The van der Waals surface area contributed by atoms with Gasteiger partial charge in [-0.25, -0.2) is 14.5 Å². The molecule has 3 aromatic rings. The summed E-state index contributed by atoms with van der Waals surface area (Å²) in [7, 11) is 0. The predicted molar refractivity (Wildman–Crippen MR) is 70.5 cm³/mol. The quantitative estimate of drug-likeness (QED) is 0.664. The van der Waals surface area contributed by atoms with Gasteiger partial charge in [-0.3, -0.25) is 0 Å². The van der Waals surface area contributed by atoms with Crippen molar-refractivity contribution < 1.29 is 0 Å². The molecule has 2 aromatic heterocycles. The molecule has 0 aliphatic carbocycles. The Bertz CT molecular complexity index is 705. The number of nitrogens with zero attached hydrogens (tertiary/aromatic N) is 4. The summed E-state index contributed by atoms with van der Waals surface area (Å²) in [5.74, 6) is 0.938. The van der Waals surface area contributed by atoms with E-state index in [2.05, 4.69) is 28.1 Å². The van der Waals surface area contributed by atoms with Crippen LogP contribution in [0.4, 0.5) is 0 Å². The van der Waals surface area contributed by atoms with E-state index in [1.165, 1.54) is 5.56 Å². The third-order valence-corrected chi connectivity index (χ3v) is 3.07. The van der Waals surface area contributed by atoms with Crippen LogP contribution < -0.4 is 0 Å². The van der Waals surface area contributed by atoms with Gasteiger partial charge in [0.05, 0.1) is 24.0 Å². The normalized spacial score (nSPS) is 11.0. The van der Waals surface area contributed by atoms with E-state index in [1.807, 2.05) is 18.2 Å². The van der Waals surface area contributed by atoms with Crippen molar-refractivity contribution in [1.29, 1.82) is 0 Å². The van der Waals surface area contributed by atoms with Crippen molar-refractivity contribution in [2.75, 3.05) is 0 Å². The third kappa shape index (κ3) is 1.84. The first kappa shape index (κ1) is 11.2. The minimum Gasteiger partial charge on any atom is -0.217 e. The van der Waals surface area contributed by atoms with Gasteiger partial charge in [0.1, 0.15) is 5.69 Å². The van der Waals surface area contributed by atoms with Crippen LogP contribution >= 0.6 is 11.6 Å². The van der Waals surface area contributed by atoms with E-state index in [0.29, 0.717) is 11.7 Å². The molecule has 90 valence electrons. The number of halogens is 1. The molecule has 0 atom stereocenters. The molecule has 0 N–H and O–H groups in total. The molecule has 0 saturated heterocycles. The number of alkyl halides is 1. The summed E-state index contributed by atoms with van der Waals surface area (Å²) in [6.07, 6.45) is 3.54. The first-order chi connectivity index (χ1) is 8.78. The number of benzene rings is 1. The van der Waals surface area contributed by atoms with Gasteiger partial charge in [-0.1, -0.05) is 24.3 Å². The highest BCUT2D eigenvalue weighted by Crippen LogP contribution is 2.20. The van der Waals surface area contributed by atoms with E-state index >= 15 is 0 Å². The zero-order chi connectivity index (χ0) is 12.5. The highest BCUT2D eigenvalue weighted by atomic mass is 35.5. The fourth-order valence-corrected chi connectivity index (χ4v) is 2.01. The number of imidazole rings is 1. The van der Waals surface area contributed by atoms with Gasteiger partial charge in [-0.15, -0.1) is 11.6 Å². The molecule has 3 rings (SSSR count). The number of aromatic nitrogens is 4. The molecule has 0 radical (unpaired) electrons. The number of fused-ring (bicyclic) bond motifs is 1. The smallest absolute Gasteiger partial charge is 0.217 e. The minimum atomic E-state index is 0.366. The van der Waals surface area contributed by atoms with Crippen LogP contribution in [0.1, 0.15) is 11.3 Å². The molecule has 0 amide bonds. The maximum Gasteiger partial charge on any atom is 0.250 e. The molecule has 0 aliphatic heterocycles. The van der Waals surface area contributed by atoms with Crippen LogP contribution in [0, 0.1) is 6.92 Å². The highest BCUT2D eigenvalue weighted by molar-refractivity contribution is 6.16. The van der Waals surface area contributed by atoms with Crippen molar-refractivity contribution >= 4 is 17.4 Å². The molecular formula is C13H11ClN4. The molecular weight excluding hydrogens is 248 g/mol. The van der Waals surface area contributed by atoms with E-state index in [9.17, 15) is 0 Å². The van der Waals surface area contributed by atoms with Gasteiger partial charge in [0.25, 0.3) is 5.78 Å². The number of hydrogen-bond acceptors (Lipinski definition) is 3. The summed E-state index contributed by atoms with van der Waals surface area (Å²) in [5, 5.41) is 4.51. The van der Waals surface area contributed by atoms with Crippen LogP contribution in [-0.4, -0.2) is 19.6 Å². The molecule has 1 aromatic carbocycles. The van der Waals surface area contributed by atoms with Crippen molar-refractivity contribution in [3.63, 3.8) is 0 Å². The number of hydrogen-bond donors (Lipinski definition) is 0. The first-order valence-corrected chi connectivity index (χ1v) is 6.14. The van der Waals surface area contributed by atoms with E-state index in [4.69, 9.17) is 11.6 Å². The molecule has 0 unspecified atom stereocenters. The lowest BCUT2D eigenvalue weighted by molar-refractivity contribution is 0.907. The second-order valence-corrected chi connectivity index (χ2v) is 4.34. The van der Waals surface area contributed by atoms with E-state index < -0.39 is 0 Å². The van der Waals surface area contributed by atoms with Crippen LogP contribution in [0.2, 0.25) is 0 Å². The average Bonchev–Trinajstić information content (AvgIpc) is 2.81. The van der Waals surface area contributed by atoms with Crippen molar-refractivity contribution in [3.8, 4) is 11.3 Å². The van der Waals surface area contributed by atoms with Gasteiger partial charge in [0.15, 0.2) is 0 Å². The maximum atomic E-state index is 5.75. The SMILES string of the molecule is Cc1ccccc1-c1cnc2nc(CCl)cn2n1. The third-order valence-electron chi connectivity index (χ3n) is 2.80. The Kier molecular flexibility index (Phi) is 2.72. The van der Waals surface area contributed by atoms with Gasteiger partial charge in [-0.05, 0) is 12.5 Å². The lowest BCUT2D eigenvalue weighted by atomic mass is 10.1. The monoisotopic (exact) mass is 258 g/mol.